The van der Waals surface area contributed by atoms with Crippen molar-refractivity contribution in [2.45, 2.75) is 44.6 Å². The molecule has 1 aliphatic carbocycles. The summed E-state index contributed by atoms with van der Waals surface area (Å²) in [5.74, 6) is 0.346. The van der Waals surface area contributed by atoms with Crippen molar-refractivity contribution in [3.8, 4) is 5.75 Å². The Balaban J connectivity index is 0.00000180. The quantitative estimate of drug-likeness (QED) is 0.593. The van der Waals surface area contributed by atoms with Crippen LogP contribution in [0.2, 0.25) is 0 Å². The van der Waals surface area contributed by atoms with Gasteiger partial charge in [-0.2, -0.15) is 0 Å². The molecule has 19 heavy (non-hydrogen) atoms. The molecule has 1 nitrogen and oxygen atoms in total. The van der Waals surface area contributed by atoms with Crippen LogP contribution in [0.5, 0.6) is 5.75 Å². The number of benzene rings is 1. The van der Waals surface area contributed by atoms with Gasteiger partial charge in [-0.25, -0.2) is 0 Å². The molecule has 0 spiro atoms. The van der Waals surface area contributed by atoms with Crippen molar-refractivity contribution < 1.29 is 69.1 Å². The summed E-state index contributed by atoms with van der Waals surface area (Å²) >= 11 is 0. The van der Waals surface area contributed by atoms with Gasteiger partial charge in [-0.1, -0.05) is 25.0 Å². The molecule has 6 heteroatoms. The predicted molar refractivity (Wildman–Crippen MR) is 67.3 cm³/mol. The van der Waals surface area contributed by atoms with Crippen LogP contribution in [0.1, 0.15) is 38.5 Å². The van der Waals surface area contributed by atoms with E-state index in [0.29, 0.717) is 5.75 Å². The van der Waals surface area contributed by atoms with Gasteiger partial charge in [0, 0.05) is 0 Å². The smallest absolute Gasteiger partial charge is 0.491 e. The normalized spacial score (nSPS) is 17.4. The second kappa shape index (κ2) is 8.08. The summed E-state index contributed by atoms with van der Waals surface area (Å²) in [5, 5.41) is 0. The summed E-state index contributed by atoms with van der Waals surface area (Å²) < 4.78 is 43.5. The fraction of sp³-hybridized carbons (Fsp3) is 0.538. The average Bonchev–Trinajstić information content (AvgIpc) is 2.57. The van der Waals surface area contributed by atoms with E-state index in [0.717, 1.165) is 37.8 Å². The zero-order valence-electron chi connectivity index (χ0n) is 11.2. The van der Waals surface area contributed by atoms with Crippen molar-refractivity contribution in [2.24, 2.45) is 0 Å². The second-order valence-corrected chi connectivity index (χ2v) is 4.88. The summed E-state index contributed by atoms with van der Waals surface area (Å²) in [5.41, 5.74) is -0.582. The van der Waals surface area contributed by atoms with Gasteiger partial charge in [-0.05, 0) is 37.8 Å². The molecule has 0 unspecified atom stereocenters. The van der Waals surface area contributed by atoms with Crippen molar-refractivity contribution in [1.82, 2.24) is 0 Å². The fourth-order valence-corrected chi connectivity index (χ4v) is 2.34. The Labute approximate surface area is 154 Å². The van der Waals surface area contributed by atoms with E-state index in [1.165, 1.54) is 18.9 Å². The maximum atomic E-state index is 12.6. The van der Waals surface area contributed by atoms with Gasteiger partial charge in [0.15, 0.2) is 0 Å². The maximum absolute atomic E-state index is 12.6. The summed E-state index contributed by atoms with van der Waals surface area (Å²) in [6.45, 7) is -4.94. The number of halogens is 3. The van der Waals surface area contributed by atoms with Crippen LogP contribution in [0, 0.1) is 0 Å². The van der Waals surface area contributed by atoms with Gasteiger partial charge < -0.3 is 17.7 Å². The Morgan fingerprint density at radius 1 is 1.00 bits per heavy atom. The number of rotatable bonds is 3. The van der Waals surface area contributed by atoms with Crippen LogP contribution in [0.25, 0.3) is 0 Å². The van der Waals surface area contributed by atoms with E-state index < -0.39 is 12.4 Å². The molecule has 0 atom stereocenters. The third-order valence-electron chi connectivity index (χ3n) is 3.34. The second-order valence-electron chi connectivity index (χ2n) is 4.88. The SMILES string of the molecule is F[B-](F)(F)c1cccc(OC2CCCCCC2)c1.[K+]. The molecule has 2 rings (SSSR count). The molecule has 0 amide bonds. The molecule has 100 valence electrons. The minimum atomic E-state index is -4.94. The average molecular weight is 296 g/mol. The van der Waals surface area contributed by atoms with Gasteiger partial charge >= 0.3 is 58.4 Å². The van der Waals surface area contributed by atoms with Crippen LogP contribution in [0.15, 0.2) is 24.3 Å². The van der Waals surface area contributed by atoms with Gasteiger partial charge in [-0.15, -0.1) is 5.46 Å². The number of ether oxygens (including phenoxy) is 1. The molecule has 1 aliphatic rings. The first-order valence-electron chi connectivity index (χ1n) is 6.52. The molecule has 0 heterocycles. The van der Waals surface area contributed by atoms with E-state index in [1.54, 1.807) is 6.07 Å². The van der Waals surface area contributed by atoms with Crippen molar-refractivity contribution in [1.29, 1.82) is 0 Å². The van der Waals surface area contributed by atoms with Crippen molar-refractivity contribution >= 4 is 12.4 Å². The van der Waals surface area contributed by atoms with Crippen molar-refractivity contribution in [2.75, 3.05) is 0 Å². The molecular weight excluding hydrogens is 279 g/mol. The van der Waals surface area contributed by atoms with Gasteiger partial charge in [0.05, 0.1) is 6.10 Å². The van der Waals surface area contributed by atoms with Crippen LogP contribution in [-0.2, 0) is 0 Å². The molecule has 0 saturated heterocycles. The third-order valence-corrected chi connectivity index (χ3v) is 3.34. The molecule has 1 aromatic carbocycles. The summed E-state index contributed by atoms with van der Waals surface area (Å²) in [6.07, 6.45) is 6.57. The molecule has 1 fully saturated rings. The minimum Gasteiger partial charge on any atom is -0.491 e. The Morgan fingerprint density at radius 2 is 1.63 bits per heavy atom. The molecule has 0 aliphatic heterocycles. The standard InChI is InChI=1S/C13H17BF3O.K/c15-14(16,17)11-6-5-9-13(10-11)18-12-7-3-1-2-4-8-12;/h5-6,9-10,12H,1-4,7-8H2;/q-1;+1. The van der Waals surface area contributed by atoms with Crippen molar-refractivity contribution in [3.63, 3.8) is 0 Å². The first-order valence-corrected chi connectivity index (χ1v) is 6.52. The summed E-state index contributed by atoms with van der Waals surface area (Å²) in [7, 11) is 0. The number of hydrogen-bond acceptors (Lipinski definition) is 1. The Bertz CT molecular complexity index is 390. The van der Waals surface area contributed by atoms with Crippen LogP contribution in [-0.4, -0.2) is 13.1 Å². The van der Waals surface area contributed by atoms with E-state index >= 15 is 0 Å². The Morgan fingerprint density at radius 3 is 2.21 bits per heavy atom. The fourth-order valence-electron chi connectivity index (χ4n) is 2.34. The van der Waals surface area contributed by atoms with Gasteiger partial charge in [0.25, 0.3) is 0 Å². The van der Waals surface area contributed by atoms with E-state index in [2.05, 4.69) is 0 Å². The molecule has 0 bridgehead atoms. The maximum Gasteiger partial charge on any atom is 1.00 e. The predicted octanol–water partition coefficient (Wildman–Crippen LogP) is 0.847. The molecule has 1 saturated carbocycles. The zero-order valence-corrected chi connectivity index (χ0v) is 14.4. The largest absolute Gasteiger partial charge is 1.00 e. The Kier molecular flexibility index (Phi) is 7.47. The van der Waals surface area contributed by atoms with Crippen LogP contribution in [0.4, 0.5) is 12.9 Å². The van der Waals surface area contributed by atoms with Crippen LogP contribution in [0.3, 0.4) is 0 Å². The first kappa shape index (κ1) is 17.6. The van der Waals surface area contributed by atoms with Gasteiger partial charge in [0.2, 0.25) is 0 Å². The third kappa shape index (κ3) is 5.79. The molecule has 0 N–H and O–H groups in total. The molecule has 0 radical (unpaired) electrons. The van der Waals surface area contributed by atoms with E-state index in [1.807, 2.05) is 0 Å². The van der Waals surface area contributed by atoms with E-state index in [-0.39, 0.29) is 57.5 Å². The van der Waals surface area contributed by atoms with Crippen LogP contribution < -0.4 is 61.6 Å². The zero-order chi connectivity index (χ0) is 13.0. The summed E-state index contributed by atoms with van der Waals surface area (Å²) in [4.78, 5) is 0. The van der Waals surface area contributed by atoms with Gasteiger partial charge in [-0.3, -0.25) is 0 Å². The first-order chi connectivity index (χ1) is 8.55. The Hall–Kier alpha value is 0.511. The molecule has 1 aromatic rings. The van der Waals surface area contributed by atoms with Crippen LogP contribution >= 0.6 is 0 Å². The topological polar surface area (TPSA) is 9.23 Å². The van der Waals surface area contributed by atoms with E-state index in [9.17, 15) is 12.9 Å². The number of hydrogen-bond donors (Lipinski definition) is 0. The monoisotopic (exact) mass is 296 g/mol. The molecule has 0 aromatic heterocycles. The summed E-state index contributed by atoms with van der Waals surface area (Å²) in [6, 6.07) is 5.23. The molecular formula is C13H17BF3KO. The van der Waals surface area contributed by atoms with Gasteiger partial charge in [0.1, 0.15) is 5.75 Å². The van der Waals surface area contributed by atoms with E-state index in [4.69, 9.17) is 4.74 Å². The minimum absolute atomic E-state index is 0. The van der Waals surface area contributed by atoms with Crippen molar-refractivity contribution in [3.05, 3.63) is 24.3 Å².